The third kappa shape index (κ3) is 1.77. The highest BCUT2D eigenvalue weighted by molar-refractivity contribution is 5.13. The van der Waals surface area contributed by atoms with Gasteiger partial charge in [0.25, 0.3) is 0 Å². The van der Waals surface area contributed by atoms with E-state index in [9.17, 15) is 0 Å². The molecule has 0 N–H and O–H groups in total. The Labute approximate surface area is 104 Å². The quantitative estimate of drug-likeness (QED) is 0.683. The van der Waals surface area contributed by atoms with Crippen molar-refractivity contribution in [3.8, 4) is 0 Å². The first-order valence-electron chi connectivity index (χ1n) is 7.04. The minimum absolute atomic E-state index is 0.416. The van der Waals surface area contributed by atoms with Gasteiger partial charge in [-0.25, -0.2) is 0 Å². The van der Waals surface area contributed by atoms with Gasteiger partial charge in [0.05, 0.1) is 13.2 Å². The van der Waals surface area contributed by atoms with Gasteiger partial charge in [-0.2, -0.15) is 0 Å². The lowest BCUT2D eigenvalue weighted by atomic mass is 9.64. The highest BCUT2D eigenvalue weighted by atomic mass is 16.5. The van der Waals surface area contributed by atoms with Crippen molar-refractivity contribution in [2.75, 3.05) is 26.9 Å². The van der Waals surface area contributed by atoms with Gasteiger partial charge < -0.3 is 9.47 Å². The second-order valence-electron chi connectivity index (χ2n) is 6.21. The molecule has 3 aliphatic rings. The fourth-order valence-electron chi connectivity index (χ4n) is 4.26. The molecule has 96 valence electrons. The van der Waals surface area contributed by atoms with Crippen LogP contribution in [0, 0.1) is 29.1 Å². The molecule has 17 heavy (non-hydrogen) atoms. The molecule has 0 spiro atoms. The van der Waals surface area contributed by atoms with Crippen molar-refractivity contribution in [1.82, 2.24) is 0 Å². The zero-order valence-electron chi connectivity index (χ0n) is 11.0. The largest absolute Gasteiger partial charge is 0.384 e. The number of rotatable bonds is 5. The van der Waals surface area contributed by atoms with Crippen LogP contribution in [-0.2, 0) is 9.47 Å². The van der Waals surface area contributed by atoms with Gasteiger partial charge in [-0.3, -0.25) is 0 Å². The fourth-order valence-corrected chi connectivity index (χ4v) is 4.26. The lowest BCUT2D eigenvalue weighted by Crippen LogP contribution is -2.52. The summed E-state index contributed by atoms with van der Waals surface area (Å²) in [5, 5.41) is 0. The summed E-state index contributed by atoms with van der Waals surface area (Å²) in [7, 11) is 1.85. The Hall–Kier alpha value is -0.340. The number of methoxy groups -OCH3 is 1. The molecule has 0 radical (unpaired) electrons. The van der Waals surface area contributed by atoms with Gasteiger partial charge in [-0.05, 0) is 42.9 Å². The maximum Gasteiger partial charge on any atom is 0.0548 e. The Morgan fingerprint density at radius 1 is 1.35 bits per heavy atom. The number of hydrogen-bond acceptors (Lipinski definition) is 2. The van der Waals surface area contributed by atoms with Crippen LogP contribution in [0.15, 0.2) is 12.2 Å². The fraction of sp³-hybridized carbons (Fsp3) is 0.867. The van der Waals surface area contributed by atoms with Gasteiger partial charge >= 0.3 is 0 Å². The maximum atomic E-state index is 5.53. The van der Waals surface area contributed by atoms with Crippen LogP contribution in [0.2, 0.25) is 0 Å². The number of allylic oxidation sites excluding steroid dienone is 2. The van der Waals surface area contributed by atoms with Gasteiger partial charge in [0.1, 0.15) is 0 Å². The minimum Gasteiger partial charge on any atom is -0.384 e. The summed E-state index contributed by atoms with van der Waals surface area (Å²) in [4.78, 5) is 0. The summed E-state index contributed by atoms with van der Waals surface area (Å²) in [6, 6.07) is 0. The second-order valence-corrected chi connectivity index (χ2v) is 6.21. The average Bonchev–Trinajstić information content (AvgIpc) is 2.88. The van der Waals surface area contributed by atoms with E-state index in [0.29, 0.717) is 11.3 Å². The molecule has 1 aliphatic heterocycles. The third-order valence-corrected chi connectivity index (χ3v) is 5.46. The smallest absolute Gasteiger partial charge is 0.0548 e. The molecule has 0 amide bonds. The summed E-state index contributed by atoms with van der Waals surface area (Å²) in [5.74, 6) is 3.23. The molecule has 2 nitrogen and oxygen atoms in total. The lowest BCUT2D eigenvalue weighted by molar-refractivity contribution is -0.173. The van der Waals surface area contributed by atoms with Crippen LogP contribution in [0.25, 0.3) is 0 Å². The summed E-state index contributed by atoms with van der Waals surface area (Å²) in [5.41, 5.74) is 0.416. The number of fused-ring (bicyclic) bond motifs is 2. The maximum absolute atomic E-state index is 5.53. The number of hydrogen-bond donors (Lipinski definition) is 0. The summed E-state index contributed by atoms with van der Waals surface area (Å²) in [6.45, 7) is 5.14. The van der Waals surface area contributed by atoms with Crippen LogP contribution >= 0.6 is 0 Å². The molecule has 1 heterocycles. The zero-order chi connectivity index (χ0) is 11.9. The Kier molecular flexibility index (Phi) is 3.04. The number of ether oxygens (including phenoxy) is 2. The molecule has 4 unspecified atom stereocenters. The second kappa shape index (κ2) is 4.40. The Bertz CT molecular complexity index is 301. The third-order valence-electron chi connectivity index (χ3n) is 5.46. The molecule has 0 aromatic heterocycles. The molecule has 4 atom stereocenters. The van der Waals surface area contributed by atoms with Crippen molar-refractivity contribution in [3.05, 3.63) is 12.2 Å². The molecular weight excluding hydrogens is 212 g/mol. The molecule has 1 saturated carbocycles. The van der Waals surface area contributed by atoms with Crippen molar-refractivity contribution in [2.45, 2.75) is 26.2 Å². The van der Waals surface area contributed by atoms with E-state index in [1.54, 1.807) is 0 Å². The normalized spacial score (nSPS) is 39.3. The van der Waals surface area contributed by atoms with Gasteiger partial charge in [0.2, 0.25) is 0 Å². The predicted octanol–water partition coefficient (Wildman–Crippen LogP) is 2.89. The van der Waals surface area contributed by atoms with Crippen molar-refractivity contribution < 1.29 is 9.47 Å². The van der Waals surface area contributed by atoms with Gasteiger partial charge in [0.15, 0.2) is 0 Å². The van der Waals surface area contributed by atoms with E-state index in [1.165, 1.54) is 19.3 Å². The monoisotopic (exact) mass is 236 g/mol. The highest BCUT2D eigenvalue weighted by Crippen LogP contribution is 2.53. The minimum atomic E-state index is 0.416. The van der Waals surface area contributed by atoms with Crippen molar-refractivity contribution in [2.24, 2.45) is 29.1 Å². The Morgan fingerprint density at radius 3 is 2.59 bits per heavy atom. The molecular formula is C15H24O2. The van der Waals surface area contributed by atoms with E-state index >= 15 is 0 Å². The SMILES string of the molecule is CCC1(C(COC)C2CC3C=CC2C3)COC1. The molecule has 3 rings (SSSR count). The van der Waals surface area contributed by atoms with Crippen LogP contribution in [-0.4, -0.2) is 26.9 Å². The first-order valence-corrected chi connectivity index (χ1v) is 7.04. The van der Waals surface area contributed by atoms with E-state index in [4.69, 9.17) is 9.47 Å². The summed E-state index contributed by atoms with van der Waals surface area (Å²) >= 11 is 0. The zero-order valence-corrected chi connectivity index (χ0v) is 11.0. The standard InChI is InChI=1S/C15H24O2/c1-3-15(9-17-10-15)14(8-16-2)13-7-11-4-5-12(13)6-11/h4-5,11-14H,3,6-10H2,1-2H3. The molecule has 1 saturated heterocycles. The summed E-state index contributed by atoms with van der Waals surface area (Å²) < 4.78 is 11.1. The van der Waals surface area contributed by atoms with Gasteiger partial charge in [-0.1, -0.05) is 19.1 Å². The van der Waals surface area contributed by atoms with Gasteiger partial charge in [0, 0.05) is 19.1 Å². The molecule has 0 aromatic rings. The summed E-state index contributed by atoms with van der Waals surface area (Å²) in [6.07, 6.45) is 8.91. The van der Waals surface area contributed by atoms with Crippen molar-refractivity contribution >= 4 is 0 Å². The first-order chi connectivity index (χ1) is 8.29. The molecule has 0 aromatic carbocycles. The van der Waals surface area contributed by atoms with Crippen LogP contribution in [0.3, 0.4) is 0 Å². The van der Waals surface area contributed by atoms with Gasteiger partial charge in [-0.15, -0.1) is 0 Å². The Balaban J connectivity index is 1.78. The van der Waals surface area contributed by atoms with Crippen LogP contribution in [0.1, 0.15) is 26.2 Å². The van der Waals surface area contributed by atoms with Crippen molar-refractivity contribution in [1.29, 1.82) is 0 Å². The molecule has 2 heteroatoms. The van der Waals surface area contributed by atoms with E-state index in [-0.39, 0.29) is 0 Å². The molecule has 2 fully saturated rings. The predicted molar refractivity (Wildman–Crippen MR) is 67.8 cm³/mol. The van der Waals surface area contributed by atoms with E-state index < -0.39 is 0 Å². The van der Waals surface area contributed by atoms with E-state index in [2.05, 4.69) is 19.1 Å². The van der Waals surface area contributed by atoms with E-state index in [1.807, 2.05) is 7.11 Å². The van der Waals surface area contributed by atoms with E-state index in [0.717, 1.165) is 37.6 Å². The Morgan fingerprint density at radius 2 is 2.18 bits per heavy atom. The average molecular weight is 236 g/mol. The lowest BCUT2D eigenvalue weighted by Gasteiger charge is -2.50. The first kappa shape index (κ1) is 11.7. The van der Waals surface area contributed by atoms with Crippen LogP contribution < -0.4 is 0 Å². The molecule has 2 aliphatic carbocycles. The topological polar surface area (TPSA) is 18.5 Å². The molecule has 2 bridgehead atoms. The van der Waals surface area contributed by atoms with Crippen LogP contribution in [0.5, 0.6) is 0 Å². The van der Waals surface area contributed by atoms with Crippen molar-refractivity contribution in [3.63, 3.8) is 0 Å². The highest BCUT2D eigenvalue weighted by Gasteiger charge is 2.51. The van der Waals surface area contributed by atoms with Crippen LogP contribution in [0.4, 0.5) is 0 Å².